The van der Waals surface area contributed by atoms with E-state index >= 15 is 0 Å². The third kappa shape index (κ3) is 2.79. The minimum atomic E-state index is -0.255. The first-order valence-electron chi connectivity index (χ1n) is 5.23. The Morgan fingerprint density at radius 1 is 1.59 bits per heavy atom. The van der Waals surface area contributed by atoms with Gasteiger partial charge in [0, 0.05) is 25.1 Å². The Bertz CT molecular complexity index is 490. The summed E-state index contributed by atoms with van der Waals surface area (Å²) in [5.74, 6) is 0.406. The Kier molecular flexibility index (Phi) is 3.34. The molecule has 0 aliphatic heterocycles. The zero-order chi connectivity index (χ0) is 12.3. The van der Waals surface area contributed by atoms with Crippen molar-refractivity contribution >= 4 is 11.7 Å². The van der Waals surface area contributed by atoms with Gasteiger partial charge in [0.1, 0.15) is 0 Å². The van der Waals surface area contributed by atoms with Gasteiger partial charge in [-0.25, -0.2) is 9.97 Å². The lowest BCUT2D eigenvalue weighted by atomic mass is 10.4. The predicted octanol–water partition coefficient (Wildman–Crippen LogP) is 0.334. The molecule has 0 saturated heterocycles. The van der Waals surface area contributed by atoms with E-state index in [1.807, 2.05) is 34.8 Å². The molecule has 0 aliphatic rings. The number of methoxy groups -OCH3 is 1. The van der Waals surface area contributed by atoms with Gasteiger partial charge in [-0.05, 0) is 13.1 Å². The smallest absolute Gasteiger partial charge is 0.319 e. The molecule has 0 atom stereocenters. The van der Waals surface area contributed by atoms with Crippen LogP contribution in [0.15, 0.2) is 24.7 Å². The lowest BCUT2D eigenvalue weighted by Gasteiger charge is -2.12. The molecule has 0 amide bonds. The molecule has 0 radical (unpaired) electrons. The minimum Gasteiger partial charge on any atom is -0.468 e. The van der Waals surface area contributed by atoms with Crippen LogP contribution >= 0.6 is 0 Å². The third-order valence-corrected chi connectivity index (χ3v) is 2.34. The van der Waals surface area contributed by atoms with Gasteiger partial charge in [0.05, 0.1) is 19.3 Å². The second-order valence-corrected chi connectivity index (χ2v) is 3.81. The van der Waals surface area contributed by atoms with Crippen molar-refractivity contribution < 1.29 is 9.53 Å². The van der Waals surface area contributed by atoms with Crippen molar-refractivity contribution in [3.63, 3.8) is 0 Å². The fourth-order valence-electron chi connectivity index (χ4n) is 1.57. The van der Waals surface area contributed by atoms with Crippen LogP contribution < -0.4 is 0 Å². The second-order valence-electron chi connectivity index (χ2n) is 3.81. The zero-order valence-corrected chi connectivity index (χ0v) is 9.83. The lowest BCUT2D eigenvalue weighted by molar-refractivity contribution is -0.141. The van der Waals surface area contributed by atoms with Gasteiger partial charge in [-0.15, -0.1) is 0 Å². The second kappa shape index (κ2) is 4.92. The van der Waals surface area contributed by atoms with Crippen molar-refractivity contribution in [2.24, 2.45) is 0 Å². The summed E-state index contributed by atoms with van der Waals surface area (Å²) in [4.78, 5) is 21.4. The van der Waals surface area contributed by atoms with Crippen molar-refractivity contribution in [2.45, 2.75) is 6.54 Å². The van der Waals surface area contributed by atoms with E-state index in [0.29, 0.717) is 12.3 Å². The van der Waals surface area contributed by atoms with Crippen molar-refractivity contribution in [1.82, 2.24) is 19.3 Å². The first kappa shape index (κ1) is 11.5. The first-order chi connectivity index (χ1) is 8.19. The van der Waals surface area contributed by atoms with E-state index in [0.717, 1.165) is 5.69 Å². The van der Waals surface area contributed by atoms with Gasteiger partial charge in [0.15, 0.2) is 0 Å². The van der Waals surface area contributed by atoms with Gasteiger partial charge < -0.3 is 4.74 Å². The maximum atomic E-state index is 11.1. The van der Waals surface area contributed by atoms with Gasteiger partial charge in [-0.1, -0.05) is 0 Å². The SMILES string of the molecule is COC(=O)CN(C)Cc1cn2cccnc2n1. The van der Waals surface area contributed by atoms with Crippen LogP contribution in [0, 0.1) is 0 Å². The highest BCUT2D eigenvalue weighted by molar-refractivity contribution is 5.71. The minimum absolute atomic E-state index is 0.248. The fraction of sp³-hybridized carbons (Fsp3) is 0.364. The van der Waals surface area contributed by atoms with Gasteiger partial charge >= 0.3 is 5.97 Å². The molecule has 0 aliphatic carbocycles. The van der Waals surface area contributed by atoms with E-state index in [4.69, 9.17) is 0 Å². The Morgan fingerprint density at radius 3 is 3.12 bits per heavy atom. The summed E-state index contributed by atoms with van der Waals surface area (Å²) in [5, 5.41) is 0. The van der Waals surface area contributed by atoms with Crippen molar-refractivity contribution in [3.8, 4) is 0 Å². The third-order valence-electron chi connectivity index (χ3n) is 2.34. The number of imidazole rings is 1. The van der Waals surface area contributed by atoms with Crippen LogP contribution in [0.4, 0.5) is 0 Å². The van der Waals surface area contributed by atoms with E-state index in [-0.39, 0.29) is 12.5 Å². The average Bonchev–Trinajstić information content (AvgIpc) is 2.70. The van der Waals surface area contributed by atoms with Crippen LogP contribution in [0.2, 0.25) is 0 Å². The summed E-state index contributed by atoms with van der Waals surface area (Å²) in [6, 6.07) is 1.84. The standard InChI is InChI=1S/C11H14N4O2/c1-14(8-10(16)17-2)6-9-7-15-5-3-4-12-11(15)13-9/h3-5,7H,6,8H2,1-2H3. The highest BCUT2D eigenvalue weighted by Gasteiger charge is 2.09. The molecule has 90 valence electrons. The van der Waals surface area contributed by atoms with Gasteiger partial charge in [-0.3, -0.25) is 14.1 Å². The monoisotopic (exact) mass is 234 g/mol. The van der Waals surface area contributed by atoms with Crippen molar-refractivity contribution in [1.29, 1.82) is 0 Å². The number of likely N-dealkylation sites (N-methyl/N-ethyl adjacent to an activating group) is 1. The van der Waals surface area contributed by atoms with E-state index < -0.39 is 0 Å². The summed E-state index contributed by atoms with van der Waals surface area (Å²) < 4.78 is 6.45. The highest BCUT2D eigenvalue weighted by Crippen LogP contribution is 2.04. The van der Waals surface area contributed by atoms with Crippen LogP contribution in [-0.2, 0) is 16.1 Å². The van der Waals surface area contributed by atoms with E-state index in [1.165, 1.54) is 7.11 Å². The van der Waals surface area contributed by atoms with Crippen molar-refractivity contribution in [3.05, 3.63) is 30.4 Å². The quantitative estimate of drug-likeness (QED) is 0.714. The summed E-state index contributed by atoms with van der Waals surface area (Å²) in [7, 11) is 3.22. The Balaban J connectivity index is 2.05. The normalized spacial score (nSPS) is 11.0. The molecular formula is C11H14N4O2. The number of aromatic nitrogens is 3. The molecule has 0 unspecified atom stereocenters. The van der Waals surface area contributed by atoms with E-state index in [2.05, 4.69) is 14.7 Å². The van der Waals surface area contributed by atoms with Crippen LogP contribution in [0.25, 0.3) is 5.78 Å². The predicted molar refractivity (Wildman–Crippen MR) is 61.3 cm³/mol. The number of hydrogen-bond acceptors (Lipinski definition) is 5. The molecule has 0 fully saturated rings. The molecule has 2 aromatic heterocycles. The number of carbonyl (C=O) groups is 1. The summed E-state index contributed by atoms with van der Waals surface area (Å²) in [6.45, 7) is 0.830. The molecule has 2 rings (SSSR count). The van der Waals surface area contributed by atoms with E-state index in [9.17, 15) is 4.79 Å². The summed E-state index contributed by atoms with van der Waals surface area (Å²) in [6.07, 6.45) is 5.49. The molecule has 6 heteroatoms. The van der Waals surface area contributed by atoms with Gasteiger partial charge in [0.2, 0.25) is 5.78 Å². The highest BCUT2D eigenvalue weighted by atomic mass is 16.5. The summed E-state index contributed by atoms with van der Waals surface area (Å²) in [5.41, 5.74) is 0.870. The number of hydrogen-bond donors (Lipinski definition) is 0. The van der Waals surface area contributed by atoms with Gasteiger partial charge in [-0.2, -0.15) is 0 Å². The van der Waals surface area contributed by atoms with Crippen LogP contribution in [0.1, 0.15) is 5.69 Å². The van der Waals surface area contributed by atoms with Crippen molar-refractivity contribution in [2.75, 3.05) is 20.7 Å². The zero-order valence-electron chi connectivity index (χ0n) is 9.83. The molecule has 6 nitrogen and oxygen atoms in total. The molecule has 17 heavy (non-hydrogen) atoms. The Morgan fingerprint density at radius 2 is 2.41 bits per heavy atom. The maximum absolute atomic E-state index is 11.1. The summed E-state index contributed by atoms with van der Waals surface area (Å²) >= 11 is 0. The van der Waals surface area contributed by atoms with Crippen LogP contribution in [-0.4, -0.2) is 45.9 Å². The molecule has 0 aromatic carbocycles. The molecule has 0 saturated carbocycles. The number of fused-ring (bicyclic) bond motifs is 1. The Hall–Kier alpha value is -1.95. The molecule has 0 N–H and O–H groups in total. The Labute approximate surface area is 98.8 Å². The fourth-order valence-corrected chi connectivity index (χ4v) is 1.57. The van der Waals surface area contributed by atoms with Crippen LogP contribution in [0.3, 0.4) is 0 Å². The number of carbonyl (C=O) groups excluding carboxylic acids is 1. The number of esters is 1. The van der Waals surface area contributed by atoms with E-state index in [1.54, 1.807) is 6.20 Å². The molecule has 2 heterocycles. The topological polar surface area (TPSA) is 59.7 Å². The average molecular weight is 234 g/mol. The number of nitrogens with zero attached hydrogens (tertiary/aromatic N) is 4. The lowest BCUT2D eigenvalue weighted by Crippen LogP contribution is -2.26. The number of ether oxygens (including phenoxy) is 1. The maximum Gasteiger partial charge on any atom is 0.319 e. The van der Waals surface area contributed by atoms with Gasteiger partial charge in [0.25, 0.3) is 0 Å². The number of rotatable bonds is 4. The van der Waals surface area contributed by atoms with Crippen LogP contribution in [0.5, 0.6) is 0 Å². The molecular weight excluding hydrogens is 220 g/mol. The first-order valence-corrected chi connectivity index (χ1v) is 5.23. The molecule has 2 aromatic rings. The molecule has 0 bridgehead atoms. The molecule has 0 spiro atoms. The largest absolute Gasteiger partial charge is 0.468 e.